The van der Waals surface area contributed by atoms with E-state index in [1.165, 1.54) is 36.4 Å². The standard InChI is InChI=1S/C27H29F3N10O/c1-17-4-6-19(12-21(17)27(28,29)30)25(41)35-20-7-5-18(2)22(13-20)36-26-33-16-34-40(26)24-14-23(31-15-32-24)37-39-10-8-38(3)9-11-39/h4-7,12-16H,8-11H2,1-3H3,(H,35,41)(H,31,32,37)(H,33,34,36). The molecular formula is C27H29F3N10O. The molecule has 1 amide bonds. The lowest BCUT2D eigenvalue weighted by atomic mass is 10.0. The van der Waals surface area contributed by atoms with E-state index in [4.69, 9.17) is 0 Å². The molecule has 0 radical (unpaired) electrons. The maximum atomic E-state index is 13.3. The van der Waals surface area contributed by atoms with Crippen LogP contribution < -0.4 is 16.1 Å². The Morgan fingerprint density at radius 3 is 2.41 bits per heavy atom. The molecule has 214 valence electrons. The molecule has 1 aliphatic heterocycles. The first-order valence-electron chi connectivity index (χ1n) is 12.9. The third kappa shape index (κ3) is 6.61. The van der Waals surface area contributed by atoms with Gasteiger partial charge in [0.15, 0.2) is 5.82 Å². The summed E-state index contributed by atoms with van der Waals surface area (Å²) in [6.45, 7) is 6.82. The van der Waals surface area contributed by atoms with Crippen LogP contribution in [0.5, 0.6) is 0 Å². The van der Waals surface area contributed by atoms with Crippen LogP contribution in [0.25, 0.3) is 5.82 Å². The second-order valence-electron chi connectivity index (χ2n) is 9.80. The topological polar surface area (TPSA) is 116 Å². The van der Waals surface area contributed by atoms with Crippen molar-refractivity contribution in [3.8, 4) is 5.82 Å². The highest BCUT2D eigenvalue weighted by molar-refractivity contribution is 6.04. The molecule has 3 N–H and O–H groups in total. The van der Waals surface area contributed by atoms with Crippen molar-refractivity contribution in [3.63, 3.8) is 0 Å². The Morgan fingerprint density at radius 1 is 0.902 bits per heavy atom. The molecule has 3 heterocycles. The SMILES string of the molecule is Cc1ccc(NC(=O)c2ccc(C)c(C(F)(F)F)c2)cc1Nc1ncnn1-c1cc(NN2CCN(C)CC2)ncn1. The molecule has 11 nitrogen and oxygen atoms in total. The van der Waals surface area contributed by atoms with Gasteiger partial charge in [-0.2, -0.15) is 27.9 Å². The largest absolute Gasteiger partial charge is 0.416 e. The Kier molecular flexibility index (Phi) is 7.85. The van der Waals surface area contributed by atoms with Crippen LogP contribution in [0.15, 0.2) is 55.1 Å². The minimum Gasteiger partial charge on any atom is -0.324 e. The molecule has 41 heavy (non-hydrogen) atoms. The van der Waals surface area contributed by atoms with E-state index < -0.39 is 17.6 Å². The maximum absolute atomic E-state index is 13.3. The van der Waals surface area contributed by atoms with Crippen LogP contribution in [-0.2, 0) is 6.18 Å². The van der Waals surface area contributed by atoms with Crippen LogP contribution in [0.1, 0.15) is 27.0 Å². The number of hydrogen-bond acceptors (Lipinski definition) is 9. The molecule has 0 bridgehead atoms. The number of likely N-dealkylation sites (N-methyl/N-ethyl adjacent to an activating group) is 1. The van der Waals surface area contributed by atoms with Gasteiger partial charge >= 0.3 is 6.18 Å². The average molecular weight is 567 g/mol. The highest BCUT2D eigenvalue weighted by atomic mass is 19.4. The third-order valence-corrected chi connectivity index (χ3v) is 6.74. The van der Waals surface area contributed by atoms with Gasteiger partial charge in [-0.05, 0) is 56.3 Å². The monoisotopic (exact) mass is 566 g/mol. The van der Waals surface area contributed by atoms with Crippen molar-refractivity contribution in [2.45, 2.75) is 20.0 Å². The number of hydrazine groups is 1. The van der Waals surface area contributed by atoms with E-state index in [0.29, 0.717) is 29.0 Å². The van der Waals surface area contributed by atoms with E-state index in [0.717, 1.165) is 37.8 Å². The zero-order valence-corrected chi connectivity index (χ0v) is 22.7. The molecule has 0 atom stereocenters. The Hall–Kier alpha value is -4.56. The number of rotatable bonds is 7. The van der Waals surface area contributed by atoms with Crippen LogP contribution >= 0.6 is 0 Å². The summed E-state index contributed by atoms with van der Waals surface area (Å²) in [5.41, 5.74) is 4.26. The van der Waals surface area contributed by atoms with Crippen molar-refractivity contribution in [2.24, 2.45) is 0 Å². The minimum absolute atomic E-state index is 0.0471. The van der Waals surface area contributed by atoms with Crippen molar-refractivity contribution in [1.29, 1.82) is 0 Å². The molecular weight excluding hydrogens is 537 g/mol. The molecule has 1 aliphatic rings. The first kappa shape index (κ1) is 28.0. The number of benzene rings is 2. The molecule has 4 aromatic rings. The van der Waals surface area contributed by atoms with Gasteiger partial charge in [-0.1, -0.05) is 12.1 Å². The van der Waals surface area contributed by atoms with Crippen LogP contribution in [0, 0.1) is 13.8 Å². The number of aromatic nitrogens is 5. The van der Waals surface area contributed by atoms with Crippen molar-refractivity contribution >= 4 is 29.0 Å². The number of alkyl halides is 3. The number of nitrogens with zero attached hydrogens (tertiary/aromatic N) is 7. The number of carbonyl (C=O) groups is 1. The fraction of sp³-hybridized carbons (Fsp3) is 0.296. The molecule has 14 heteroatoms. The summed E-state index contributed by atoms with van der Waals surface area (Å²) in [7, 11) is 2.09. The summed E-state index contributed by atoms with van der Waals surface area (Å²) >= 11 is 0. The molecule has 0 saturated carbocycles. The first-order valence-corrected chi connectivity index (χ1v) is 12.9. The normalized spacial score (nSPS) is 14.6. The Labute approximate surface area is 234 Å². The minimum atomic E-state index is -4.55. The molecule has 0 aliphatic carbocycles. The van der Waals surface area contributed by atoms with E-state index in [1.807, 2.05) is 6.92 Å². The van der Waals surface area contributed by atoms with Crippen molar-refractivity contribution in [1.82, 2.24) is 34.6 Å². The number of amides is 1. The predicted octanol–water partition coefficient (Wildman–Crippen LogP) is 4.26. The number of nitrogens with one attached hydrogen (secondary N) is 3. The molecule has 0 spiro atoms. The van der Waals surface area contributed by atoms with Gasteiger partial charge < -0.3 is 21.0 Å². The summed E-state index contributed by atoms with van der Waals surface area (Å²) in [4.78, 5) is 28.0. The maximum Gasteiger partial charge on any atom is 0.416 e. The summed E-state index contributed by atoms with van der Waals surface area (Å²) in [6, 6.07) is 10.4. The summed E-state index contributed by atoms with van der Waals surface area (Å²) < 4.78 is 41.5. The quantitative estimate of drug-likeness (QED) is 0.302. The van der Waals surface area contributed by atoms with Crippen LogP contribution in [0.4, 0.5) is 36.3 Å². The fourth-order valence-electron chi connectivity index (χ4n) is 4.33. The van der Waals surface area contributed by atoms with Gasteiger partial charge in [-0.3, -0.25) is 4.79 Å². The Morgan fingerprint density at radius 2 is 1.66 bits per heavy atom. The van der Waals surface area contributed by atoms with E-state index in [1.54, 1.807) is 24.3 Å². The third-order valence-electron chi connectivity index (χ3n) is 6.74. The number of carbonyl (C=O) groups excluding carboxylic acids is 1. The number of aryl methyl sites for hydroxylation is 2. The van der Waals surface area contributed by atoms with Gasteiger partial charge in [0.05, 0.1) is 5.56 Å². The molecule has 0 unspecified atom stereocenters. The fourth-order valence-corrected chi connectivity index (χ4v) is 4.33. The predicted molar refractivity (Wildman–Crippen MR) is 148 cm³/mol. The number of piperazine rings is 1. The van der Waals surface area contributed by atoms with Gasteiger partial charge in [0.2, 0.25) is 5.95 Å². The second-order valence-corrected chi connectivity index (χ2v) is 9.80. The van der Waals surface area contributed by atoms with Crippen LogP contribution in [0.2, 0.25) is 0 Å². The van der Waals surface area contributed by atoms with Gasteiger partial charge in [0.25, 0.3) is 5.91 Å². The number of hydrogen-bond donors (Lipinski definition) is 3. The molecule has 1 saturated heterocycles. The van der Waals surface area contributed by atoms with Gasteiger partial charge in [-0.15, -0.1) is 0 Å². The van der Waals surface area contributed by atoms with E-state index in [2.05, 4.69) is 53.1 Å². The lowest BCUT2D eigenvalue weighted by molar-refractivity contribution is -0.138. The second kappa shape index (κ2) is 11.5. The number of halogens is 3. The van der Waals surface area contributed by atoms with Gasteiger partial charge in [0.1, 0.15) is 18.5 Å². The first-order chi connectivity index (χ1) is 19.6. The highest BCUT2D eigenvalue weighted by Crippen LogP contribution is 2.32. The highest BCUT2D eigenvalue weighted by Gasteiger charge is 2.33. The Balaban J connectivity index is 1.32. The van der Waals surface area contributed by atoms with Crippen molar-refractivity contribution < 1.29 is 18.0 Å². The van der Waals surface area contributed by atoms with Crippen LogP contribution in [-0.4, -0.2) is 73.8 Å². The summed E-state index contributed by atoms with van der Waals surface area (Å²) in [6.07, 6.45) is -1.73. The van der Waals surface area contributed by atoms with Crippen molar-refractivity contribution in [3.05, 3.63) is 77.4 Å². The van der Waals surface area contributed by atoms with Crippen LogP contribution in [0.3, 0.4) is 0 Å². The Bertz CT molecular complexity index is 1550. The van der Waals surface area contributed by atoms with Gasteiger partial charge in [-0.25, -0.2) is 15.0 Å². The average Bonchev–Trinajstić information content (AvgIpc) is 3.40. The van der Waals surface area contributed by atoms with E-state index in [9.17, 15) is 18.0 Å². The van der Waals surface area contributed by atoms with Crippen molar-refractivity contribution in [2.75, 3.05) is 49.3 Å². The molecule has 1 fully saturated rings. The van der Waals surface area contributed by atoms with E-state index >= 15 is 0 Å². The van der Waals surface area contributed by atoms with Gasteiger partial charge in [0, 0.05) is 49.2 Å². The zero-order valence-electron chi connectivity index (χ0n) is 22.7. The summed E-state index contributed by atoms with van der Waals surface area (Å²) in [5.74, 6) is 0.814. The zero-order chi connectivity index (χ0) is 29.1. The smallest absolute Gasteiger partial charge is 0.324 e. The number of anilines is 4. The summed E-state index contributed by atoms with van der Waals surface area (Å²) in [5, 5.41) is 12.3. The lowest BCUT2D eigenvalue weighted by Crippen LogP contribution is -2.47. The lowest BCUT2D eigenvalue weighted by Gasteiger charge is -2.32. The molecule has 2 aromatic heterocycles. The van der Waals surface area contributed by atoms with E-state index in [-0.39, 0.29) is 11.1 Å². The molecule has 5 rings (SSSR count). The molecule has 2 aromatic carbocycles.